The lowest BCUT2D eigenvalue weighted by molar-refractivity contribution is 0.125. The molecule has 4 N–H and O–H groups in total. The van der Waals surface area contributed by atoms with Gasteiger partial charge in [-0.05, 0) is 54.8 Å². The van der Waals surface area contributed by atoms with Crippen molar-refractivity contribution in [1.82, 2.24) is 10.1 Å². The zero-order chi connectivity index (χ0) is 23.4. The van der Waals surface area contributed by atoms with Gasteiger partial charge in [0.25, 0.3) is 5.89 Å². The number of rotatable bonds is 10. The number of aliphatic hydroxyl groups is 2. The average Bonchev–Trinajstić information content (AvgIpc) is 3.47. The van der Waals surface area contributed by atoms with Gasteiger partial charge >= 0.3 is 0 Å². The molecule has 0 radical (unpaired) electrons. The van der Waals surface area contributed by atoms with Crippen molar-refractivity contribution in [1.29, 1.82) is 0 Å². The number of nitrogens with zero attached hydrogens (tertiary/aromatic N) is 3. The summed E-state index contributed by atoms with van der Waals surface area (Å²) >= 11 is 6.37. The monoisotopic (exact) mass is 472 g/mol. The van der Waals surface area contributed by atoms with E-state index in [-0.39, 0.29) is 13.2 Å². The van der Waals surface area contributed by atoms with Crippen LogP contribution in [-0.2, 0) is 6.42 Å². The van der Waals surface area contributed by atoms with Crippen LogP contribution in [0, 0.1) is 0 Å². The molecule has 9 heteroatoms. The molecule has 0 saturated carbocycles. The maximum absolute atomic E-state index is 9.51. The largest absolute Gasteiger partial charge is 0.492 e. The van der Waals surface area contributed by atoms with Gasteiger partial charge in [0, 0.05) is 29.9 Å². The van der Waals surface area contributed by atoms with Crippen molar-refractivity contribution in [2.45, 2.75) is 31.7 Å². The first kappa shape index (κ1) is 23.5. The topological polar surface area (TPSA) is 118 Å². The van der Waals surface area contributed by atoms with Crippen LogP contribution >= 0.6 is 11.6 Å². The number of benzene rings is 2. The molecule has 1 aromatic heterocycles. The minimum atomic E-state index is -1.04. The zero-order valence-corrected chi connectivity index (χ0v) is 19.4. The van der Waals surface area contributed by atoms with E-state index >= 15 is 0 Å². The van der Waals surface area contributed by atoms with Gasteiger partial charge in [-0.2, -0.15) is 4.98 Å². The molecule has 4 rings (SSSR count). The summed E-state index contributed by atoms with van der Waals surface area (Å²) in [5.41, 5.74) is 8.77. The maximum atomic E-state index is 9.51. The normalized spacial score (nSPS) is 13.4. The van der Waals surface area contributed by atoms with Crippen LogP contribution in [0.5, 0.6) is 5.75 Å². The predicted molar refractivity (Wildman–Crippen MR) is 128 cm³/mol. The fraction of sp³-hybridized carbons (Fsp3) is 0.417. The van der Waals surface area contributed by atoms with Crippen LogP contribution in [0.2, 0.25) is 5.02 Å². The first-order valence-corrected chi connectivity index (χ1v) is 11.5. The molecule has 33 heavy (non-hydrogen) atoms. The molecule has 2 heterocycles. The third-order valence-electron chi connectivity index (χ3n) is 5.83. The van der Waals surface area contributed by atoms with E-state index in [9.17, 15) is 10.2 Å². The summed E-state index contributed by atoms with van der Waals surface area (Å²) in [6.07, 6.45) is 2.86. The fourth-order valence-corrected chi connectivity index (χ4v) is 4.07. The lowest BCUT2D eigenvalue weighted by Gasteiger charge is -2.31. The SMILES string of the molecule is CCCCOc1ccc(-c2nc(-c3ccc4c(c3)CCN4CC(N)(CO)CO)no2)cc1Cl. The highest BCUT2D eigenvalue weighted by molar-refractivity contribution is 6.32. The van der Waals surface area contributed by atoms with Crippen LogP contribution in [0.3, 0.4) is 0 Å². The van der Waals surface area contributed by atoms with E-state index in [1.54, 1.807) is 6.07 Å². The van der Waals surface area contributed by atoms with Crippen LogP contribution in [-0.4, -0.2) is 58.8 Å². The number of ether oxygens (including phenoxy) is 1. The summed E-state index contributed by atoms with van der Waals surface area (Å²) in [5, 5.41) is 23.7. The fourth-order valence-electron chi connectivity index (χ4n) is 3.84. The second-order valence-corrected chi connectivity index (χ2v) is 8.87. The quantitative estimate of drug-likeness (QED) is 0.385. The highest BCUT2D eigenvalue weighted by Crippen LogP contribution is 2.34. The number of hydrogen-bond donors (Lipinski definition) is 3. The Hall–Kier alpha value is -2.65. The van der Waals surface area contributed by atoms with Crippen molar-refractivity contribution in [2.75, 3.05) is 37.8 Å². The Labute approximate surface area is 197 Å². The molecule has 0 fully saturated rings. The van der Waals surface area contributed by atoms with Gasteiger partial charge in [0.05, 0.1) is 30.4 Å². The molecule has 176 valence electrons. The number of aliphatic hydroxyl groups excluding tert-OH is 2. The summed E-state index contributed by atoms with van der Waals surface area (Å²) in [6.45, 7) is 3.31. The first-order chi connectivity index (χ1) is 16.0. The lowest BCUT2D eigenvalue weighted by atomic mass is 10.0. The number of hydrogen-bond acceptors (Lipinski definition) is 8. The van der Waals surface area contributed by atoms with Crippen LogP contribution < -0.4 is 15.4 Å². The Balaban J connectivity index is 1.50. The molecule has 8 nitrogen and oxygen atoms in total. The molecule has 0 atom stereocenters. The number of anilines is 1. The van der Waals surface area contributed by atoms with E-state index in [2.05, 4.69) is 22.0 Å². The summed E-state index contributed by atoms with van der Waals surface area (Å²) in [5.74, 6) is 1.51. The Bertz CT molecular complexity index is 1100. The Morgan fingerprint density at radius 3 is 2.70 bits per heavy atom. The van der Waals surface area contributed by atoms with Crippen molar-refractivity contribution in [3.63, 3.8) is 0 Å². The molecule has 0 spiro atoms. The van der Waals surface area contributed by atoms with E-state index in [0.717, 1.165) is 48.2 Å². The van der Waals surface area contributed by atoms with Gasteiger partial charge in [-0.3, -0.25) is 0 Å². The van der Waals surface area contributed by atoms with E-state index in [0.29, 0.717) is 35.6 Å². The van der Waals surface area contributed by atoms with Crippen LogP contribution in [0.4, 0.5) is 5.69 Å². The molecule has 0 bridgehead atoms. The summed E-state index contributed by atoms with van der Waals surface area (Å²) in [7, 11) is 0. The molecule has 1 aliphatic heterocycles. The predicted octanol–water partition coefficient (Wildman–Crippen LogP) is 3.28. The highest BCUT2D eigenvalue weighted by atomic mass is 35.5. The molecule has 2 aromatic carbocycles. The Morgan fingerprint density at radius 2 is 1.97 bits per heavy atom. The van der Waals surface area contributed by atoms with E-state index in [4.69, 9.17) is 26.6 Å². The summed E-state index contributed by atoms with van der Waals surface area (Å²) in [6, 6.07) is 11.4. The van der Waals surface area contributed by atoms with Gasteiger partial charge in [-0.15, -0.1) is 0 Å². The van der Waals surface area contributed by atoms with Gasteiger partial charge in [-0.1, -0.05) is 30.1 Å². The van der Waals surface area contributed by atoms with Crippen molar-refractivity contribution in [3.05, 3.63) is 47.0 Å². The van der Waals surface area contributed by atoms with Gasteiger partial charge in [0.15, 0.2) is 0 Å². The number of fused-ring (bicyclic) bond motifs is 1. The molecular weight excluding hydrogens is 444 g/mol. The molecule has 1 aliphatic rings. The average molecular weight is 473 g/mol. The third-order valence-corrected chi connectivity index (χ3v) is 6.12. The standard InChI is InChI=1S/C24H29ClN4O4/c1-2-3-10-32-21-7-5-18(12-19(21)25)23-27-22(28-33-23)17-4-6-20-16(11-17)8-9-29(20)13-24(26,14-30)15-31/h4-7,11-12,30-31H,2-3,8-10,13-15,26H2,1H3. The number of unbranched alkanes of at least 4 members (excludes halogenated alkanes) is 1. The van der Waals surface area contributed by atoms with Crippen molar-refractivity contribution in [3.8, 4) is 28.6 Å². The highest BCUT2D eigenvalue weighted by Gasteiger charge is 2.30. The van der Waals surface area contributed by atoms with E-state index < -0.39 is 5.54 Å². The van der Waals surface area contributed by atoms with Crippen molar-refractivity contribution in [2.24, 2.45) is 5.73 Å². The molecule has 3 aromatic rings. The summed E-state index contributed by atoms with van der Waals surface area (Å²) in [4.78, 5) is 6.63. The maximum Gasteiger partial charge on any atom is 0.258 e. The molecular formula is C24H29ClN4O4. The third kappa shape index (κ3) is 5.14. The Kier molecular flexibility index (Phi) is 7.19. The second kappa shape index (κ2) is 10.1. The zero-order valence-electron chi connectivity index (χ0n) is 18.6. The Morgan fingerprint density at radius 1 is 1.18 bits per heavy atom. The van der Waals surface area contributed by atoms with Crippen LogP contribution in [0.15, 0.2) is 40.9 Å². The van der Waals surface area contributed by atoms with Gasteiger partial charge in [0.2, 0.25) is 5.82 Å². The molecule has 0 unspecified atom stereocenters. The van der Waals surface area contributed by atoms with Crippen LogP contribution in [0.25, 0.3) is 22.8 Å². The smallest absolute Gasteiger partial charge is 0.258 e. The number of aromatic nitrogens is 2. The van der Waals surface area contributed by atoms with Crippen molar-refractivity contribution < 1.29 is 19.5 Å². The lowest BCUT2D eigenvalue weighted by Crippen LogP contribution is -2.55. The van der Waals surface area contributed by atoms with E-state index in [1.807, 2.05) is 30.3 Å². The van der Waals surface area contributed by atoms with Crippen molar-refractivity contribution >= 4 is 17.3 Å². The number of halogens is 1. The molecule has 0 saturated heterocycles. The molecule has 0 amide bonds. The van der Waals surface area contributed by atoms with E-state index in [1.165, 1.54) is 0 Å². The van der Waals surface area contributed by atoms with Gasteiger partial charge in [0.1, 0.15) is 5.75 Å². The second-order valence-electron chi connectivity index (χ2n) is 8.46. The summed E-state index contributed by atoms with van der Waals surface area (Å²) < 4.78 is 11.2. The van der Waals surface area contributed by atoms with Gasteiger partial charge in [-0.25, -0.2) is 0 Å². The first-order valence-electron chi connectivity index (χ1n) is 11.1. The minimum Gasteiger partial charge on any atom is -0.492 e. The van der Waals surface area contributed by atoms with Crippen LogP contribution in [0.1, 0.15) is 25.3 Å². The minimum absolute atomic E-state index is 0.283. The van der Waals surface area contributed by atoms with Gasteiger partial charge < -0.3 is 30.1 Å². The molecule has 0 aliphatic carbocycles. The number of nitrogens with two attached hydrogens (primary N) is 1.